The minimum absolute atomic E-state index is 0.0127. The molecule has 1 amide bonds. The molecule has 0 radical (unpaired) electrons. The molecular weight excluding hydrogens is 334 g/mol. The Balaban J connectivity index is 1.58. The largest absolute Gasteiger partial charge is 0.350 e. The van der Waals surface area contributed by atoms with Crippen molar-refractivity contribution in [1.29, 1.82) is 0 Å². The molecule has 0 fully saturated rings. The third-order valence-electron chi connectivity index (χ3n) is 4.23. The zero-order valence-corrected chi connectivity index (χ0v) is 15.0. The lowest BCUT2D eigenvalue weighted by Gasteiger charge is -2.21. The molecule has 4 rings (SSSR count). The molecule has 4 heterocycles. The predicted molar refractivity (Wildman–Crippen MR) is 96.6 cm³/mol. The van der Waals surface area contributed by atoms with Crippen LogP contribution in [0.2, 0.25) is 0 Å². The van der Waals surface area contributed by atoms with Gasteiger partial charge in [-0.1, -0.05) is 13.8 Å². The van der Waals surface area contributed by atoms with Gasteiger partial charge in [0.1, 0.15) is 16.5 Å². The van der Waals surface area contributed by atoms with Crippen LogP contribution in [0.4, 0.5) is 0 Å². The first-order valence-electron chi connectivity index (χ1n) is 8.21. The second-order valence-corrected chi connectivity index (χ2v) is 7.95. The number of hydrogen-bond donors (Lipinski definition) is 2. The lowest BCUT2D eigenvalue weighted by Crippen LogP contribution is -2.32. The molecule has 0 aromatic carbocycles. The van der Waals surface area contributed by atoms with Crippen molar-refractivity contribution in [1.82, 2.24) is 25.3 Å². The Morgan fingerprint density at radius 1 is 1.32 bits per heavy atom. The van der Waals surface area contributed by atoms with Crippen LogP contribution in [0.3, 0.4) is 0 Å². The first kappa shape index (κ1) is 16.0. The van der Waals surface area contributed by atoms with Crippen molar-refractivity contribution < 1.29 is 4.79 Å². The van der Waals surface area contributed by atoms with E-state index in [1.54, 1.807) is 17.5 Å². The van der Waals surface area contributed by atoms with Crippen LogP contribution in [-0.4, -0.2) is 32.4 Å². The summed E-state index contributed by atoms with van der Waals surface area (Å²) in [6, 6.07) is 3.90. The van der Waals surface area contributed by atoms with Crippen molar-refractivity contribution in [3.05, 3.63) is 52.8 Å². The van der Waals surface area contributed by atoms with Crippen LogP contribution in [0, 0.1) is 5.41 Å². The van der Waals surface area contributed by atoms with E-state index in [-0.39, 0.29) is 11.3 Å². The van der Waals surface area contributed by atoms with Gasteiger partial charge in [-0.2, -0.15) is 0 Å². The lowest BCUT2D eigenvalue weighted by molar-refractivity contribution is 0.0940. The smallest absolute Gasteiger partial charge is 0.271 e. The maximum Gasteiger partial charge on any atom is 0.271 e. The van der Waals surface area contributed by atoms with Crippen molar-refractivity contribution in [3.8, 4) is 10.6 Å². The number of thiazole rings is 1. The summed E-state index contributed by atoms with van der Waals surface area (Å²) in [5.74, 6) is 0.679. The number of carbonyl (C=O) groups is 1. The summed E-state index contributed by atoms with van der Waals surface area (Å²) in [4.78, 5) is 28.9. The minimum atomic E-state index is -0.0996. The highest BCUT2D eigenvalue weighted by Gasteiger charge is 2.29. The van der Waals surface area contributed by atoms with Crippen LogP contribution >= 0.6 is 11.3 Å². The average Bonchev–Trinajstić information content (AvgIpc) is 3.18. The fourth-order valence-corrected chi connectivity index (χ4v) is 3.80. The average molecular weight is 353 g/mol. The maximum absolute atomic E-state index is 12.2. The van der Waals surface area contributed by atoms with Gasteiger partial charge in [-0.05, 0) is 24.0 Å². The summed E-state index contributed by atoms with van der Waals surface area (Å²) >= 11 is 1.59. The van der Waals surface area contributed by atoms with Crippen LogP contribution in [0.1, 0.15) is 41.5 Å². The number of nitrogens with zero attached hydrogens (tertiary/aromatic N) is 3. The molecule has 0 saturated carbocycles. The van der Waals surface area contributed by atoms with E-state index in [2.05, 4.69) is 39.1 Å². The normalized spacial score (nSPS) is 16.2. The summed E-state index contributed by atoms with van der Waals surface area (Å²) < 4.78 is 0. The van der Waals surface area contributed by atoms with Crippen molar-refractivity contribution >= 4 is 17.2 Å². The molecule has 0 aliphatic carbocycles. The molecule has 128 valence electrons. The Labute approximate surface area is 149 Å². The second-order valence-electron chi connectivity index (χ2n) is 7.10. The highest BCUT2D eigenvalue weighted by Crippen LogP contribution is 2.27. The molecule has 2 N–H and O–H groups in total. The Bertz CT molecular complexity index is 913. The van der Waals surface area contributed by atoms with E-state index in [0.29, 0.717) is 18.7 Å². The van der Waals surface area contributed by atoms with Crippen molar-refractivity contribution in [2.45, 2.75) is 26.7 Å². The van der Waals surface area contributed by atoms with Gasteiger partial charge in [0, 0.05) is 42.0 Å². The van der Waals surface area contributed by atoms with Crippen LogP contribution in [0.5, 0.6) is 0 Å². The Morgan fingerprint density at radius 3 is 3.00 bits per heavy atom. The monoisotopic (exact) mass is 353 g/mol. The van der Waals surface area contributed by atoms with Gasteiger partial charge in [-0.15, -0.1) is 11.3 Å². The number of pyridine rings is 1. The molecule has 7 heteroatoms. The zero-order chi connectivity index (χ0) is 17.4. The molecule has 0 atom stereocenters. The topological polar surface area (TPSA) is 83.6 Å². The predicted octanol–water partition coefficient (Wildman–Crippen LogP) is 2.83. The standard InChI is InChI=1S/C18H19N5OS/c1-18(2)7-13-15(16(24)20-10-18)23-14(22-13)6-12-9-25-17(21-12)11-4-3-5-19-8-11/h3-5,8-9H,6-7,10H2,1-2H3,(H,20,24)(H,22,23). The van der Waals surface area contributed by atoms with E-state index in [4.69, 9.17) is 0 Å². The quantitative estimate of drug-likeness (QED) is 0.758. The van der Waals surface area contributed by atoms with Gasteiger partial charge in [-0.25, -0.2) is 9.97 Å². The molecule has 25 heavy (non-hydrogen) atoms. The Hall–Kier alpha value is -2.54. The number of nitrogens with one attached hydrogen (secondary N) is 2. The van der Waals surface area contributed by atoms with Gasteiger partial charge in [0.05, 0.1) is 5.69 Å². The van der Waals surface area contributed by atoms with Crippen molar-refractivity contribution in [2.24, 2.45) is 5.41 Å². The third kappa shape index (κ3) is 3.32. The molecule has 6 nitrogen and oxygen atoms in total. The summed E-state index contributed by atoms with van der Waals surface area (Å²) in [7, 11) is 0. The van der Waals surface area contributed by atoms with E-state index in [0.717, 1.165) is 34.2 Å². The number of amides is 1. The number of rotatable bonds is 3. The highest BCUT2D eigenvalue weighted by atomic mass is 32.1. The number of hydrogen-bond acceptors (Lipinski definition) is 5. The summed E-state index contributed by atoms with van der Waals surface area (Å²) in [6.07, 6.45) is 4.94. The number of aromatic nitrogens is 4. The summed E-state index contributed by atoms with van der Waals surface area (Å²) in [5.41, 5.74) is 3.39. The van der Waals surface area contributed by atoms with Crippen LogP contribution < -0.4 is 5.32 Å². The van der Waals surface area contributed by atoms with E-state index in [9.17, 15) is 4.79 Å². The number of imidazole rings is 1. The highest BCUT2D eigenvalue weighted by molar-refractivity contribution is 7.13. The Morgan fingerprint density at radius 2 is 2.20 bits per heavy atom. The van der Waals surface area contributed by atoms with E-state index in [1.807, 2.05) is 23.7 Å². The molecule has 0 saturated heterocycles. The number of H-pyrrole nitrogens is 1. The van der Waals surface area contributed by atoms with Gasteiger partial charge in [0.15, 0.2) is 0 Å². The molecule has 1 aliphatic heterocycles. The maximum atomic E-state index is 12.2. The molecule has 3 aromatic rings. The van der Waals surface area contributed by atoms with Gasteiger partial charge in [-0.3, -0.25) is 9.78 Å². The van der Waals surface area contributed by atoms with Gasteiger partial charge in [0.2, 0.25) is 0 Å². The van der Waals surface area contributed by atoms with E-state index < -0.39 is 0 Å². The minimum Gasteiger partial charge on any atom is -0.350 e. The lowest BCUT2D eigenvalue weighted by atomic mass is 9.88. The Kier molecular flexibility index (Phi) is 3.88. The van der Waals surface area contributed by atoms with Crippen LogP contribution in [0.15, 0.2) is 29.9 Å². The van der Waals surface area contributed by atoms with E-state index in [1.165, 1.54) is 0 Å². The third-order valence-corrected chi connectivity index (χ3v) is 5.17. The second kappa shape index (κ2) is 6.07. The van der Waals surface area contributed by atoms with Gasteiger partial charge in [0.25, 0.3) is 5.91 Å². The fraction of sp³-hybridized carbons (Fsp3) is 0.333. The van der Waals surface area contributed by atoms with Crippen LogP contribution in [0.25, 0.3) is 10.6 Å². The molecule has 0 bridgehead atoms. The summed E-state index contributed by atoms with van der Waals surface area (Å²) in [5, 5.41) is 5.92. The molecule has 0 spiro atoms. The molecular formula is C18H19N5OS. The molecule has 0 unspecified atom stereocenters. The zero-order valence-electron chi connectivity index (χ0n) is 14.2. The number of carbonyl (C=O) groups excluding carboxylic acids is 1. The number of fused-ring (bicyclic) bond motifs is 1. The SMILES string of the molecule is CC1(C)CNC(=O)c2nc(Cc3csc(-c4cccnc4)n3)[nH]c2C1. The fourth-order valence-electron chi connectivity index (χ4n) is 2.99. The van der Waals surface area contributed by atoms with Crippen LogP contribution in [-0.2, 0) is 12.8 Å². The number of aromatic amines is 1. The van der Waals surface area contributed by atoms with Gasteiger partial charge >= 0.3 is 0 Å². The van der Waals surface area contributed by atoms with Crippen molar-refractivity contribution in [3.63, 3.8) is 0 Å². The first-order chi connectivity index (χ1) is 12.0. The van der Waals surface area contributed by atoms with E-state index >= 15 is 0 Å². The first-order valence-corrected chi connectivity index (χ1v) is 9.09. The molecule has 1 aliphatic rings. The summed E-state index contributed by atoms with van der Waals surface area (Å²) in [6.45, 7) is 4.94. The van der Waals surface area contributed by atoms with Gasteiger partial charge < -0.3 is 10.3 Å². The van der Waals surface area contributed by atoms with Crippen molar-refractivity contribution in [2.75, 3.05) is 6.54 Å². The molecule has 3 aromatic heterocycles.